The predicted molar refractivity (Wildman–Crippen MR) is 204 cm³/mol. The summed E-state index contributed by atoms with van der Waals surface area (Å²) >= 11 is 0. The molecule has 0 aromatic rings. The molecule has 11 atom stereocenters. The fourth-order valence-electron chi connectivity index (χ4n) is 7.01. The zero-order valence-corrected chi connectivity index (χ0v) is 32.7. The number of hydrogen-bond acceptors (Lipinski definition) is 9. The second-order valence-corrected chi connectivity index (χ2v) is 15.0. The van der Waals surface area contributed by atoms with Gasteiger partial charge in [0.05, 0.1) is 49.3 Å². The summed E-state index contributed by atoms with van der Waals surface area (Å²) in [6, 6.07) is 0. The molecule has 0 radical (unpaired) electrons. The van der Waals surface area contributed by atoms with E-state index in [1.54, 1.807) is 13.2 Å². The molecular weight excluding hydrogens is 664 g/mol. The normalized spacial score (nSPS) is 29.7. The average molecular weight is 731 g/mol. The van der Waals surface area contributed by atoms with Crippen LogP contribution in [0.2, 0.25) is 0 Å². The van der Waals surface area contributed by atoms with Gasteiger partial charge in [0.25, 0.3) is 5.91 Å². The van der Waals surface area contributed by atoms with E-state index in [4.69, 9.17) is 29.4 Å². The van der Waals surface area contributed by atoms with Crippen molar-refractivity contribution in [3.8, 4) is 0 Å². The van der Waals surface area contributed by atoms with Crippen LogP contribution in [0.1, 0.15) is 86.5 Å². The molecule has 294 valence electrons. The summed E-state index contributed by atoms with van der Waals surface area (Å²) in [6.07, 6.45) is 15.1. The minimum atomic E-state index is -0.982. The first kappa shape index (κ1) is 44.9. The third-order valence-corrected chi connectivity index (χ3v) is 10.0. The van der Waals surface area contributed by atoms with Gasteiger partial charge >= 0.3 is 6.09 Å². The van der Waals surface area contributed by atoms with Crippen LogP contribution in [0.3, 0.4) is 0 Å². The van der Waals surface area contributed by atoms with E-state index in [1.807, 2.05) is 32.1 Å². The van der Waals surface area contributed by atoms with Gasteiger partial charge in [0.15, 0.2) is 5.76 Å². The van der Waals surface area contributed by atoms with Crippen molar-refractivity contribution in [1.82, 2.24) is 5.32 Å². The summed E-state index contributed by atoms with van der Waals surface area (Å²) in [5.41, 5.74) is 6.39. The number of methoxy groups -OCH3 is 2. The van der Waals surface area contributed by atoms with E-state index in [1.165, 1.54) is 12.7 Å². The van der Waals surface area contributed by atoms with Crippen molar-refractivity contribution >= 4 is 12.0 Å². The summed E-state index contributed by atoms with van der Waals surface area (Å²) in [7, 11) is 3.10. The molecule has 11 heteroatoms. The molecular formula is C41H66N2O9. The third kappa shape index (κ3) is 15.8. The molecule has 52 heavy (non-hydrogen) atoms. The van der Waals surface area contributed by atoms with Crippen molar-refractivity contribution in [2.75, 3.05) is 20.8 Å². The summed E-state index contributed by atoms with van der Waals surface area (Å²) in [5.74, 6) is -0.143. The molecule has 2 heterocycles. The Labute approximate surface area is 312 Å². The Morgan fingerprint density at radius 2 is 1.85 bits per heavy atom. The fraction of sp³-hybridized carbons (Fsp3) is 0.659. The maximum absolute atomic E-state index is 11.9. The van der Waals surface area contributed by atoms with Gasteiger partial charge in [-0.2, -0.15) is 0 Å². The van der Waals surface area contributed by atoms with Crippen LogP contribution in [-0.4, -0.2) is 91.3 Å². The van der Waals surface area contributed by atoms with E-state index in [0.29, 0.717) is 19.3 Å². The lowest BCUT2D eigenvalue weighted by molar-refractivity contribution is -0.208. The maximum atomic E-state index is 11.9. The van der Waals surface area contributed by atoms with Crippen molar-refractivity contribution in [3.63, 3.8) is 0 Å². The van der Waals surface area contributed by atoms with Gasteiger partial charge in [0, 0.05) is 45.3 Å². The van der Waals surface area contributed by atoms with Crippen molar-refractivity contribution in [2.24, 2.45) is 23.5 Å². The number of carbonyl (C=O) groups excluding carboxylic acids is 2. The van der Waals surface area contributed by atoms with E-state index in [9.17, 15) is 19.8 Å². The third-order valence-electron chi connectivity index (χ3n) is 10.0. The Balaban J connectivity index is 2.02. The lowest BCUT2D eigenvalue weighted by Crippen LogP contribution is -2.53. The summed E-state index contributed by atoms with van der Waals surface area (Å²) < 4.78 is 29.2. The van der Waals surface area contributed by atoms with Gasteiger partial charge < -0.3 is 44.9 Å². The quantitative estimate of drug-likeness (QED) is 0.0649. The number of amides is 2. The number of nitrogens with one attached hydrogen (secondary N) is 1. The standard InChI is InChI=1S/C41H66N2O9/c1-11-12-13-27(3)18-29(5)36-22-34(49-10)21-35(50-36)23-37-30(6)24-41(8,47)38(52-37)19-28(4)15-14-26(2)16-17-33(51-40(42)46)20-32(44)25-43-39(45)31(7)48-9/h11-16,18,28-30,32-38,44,47H,1,7,17,19-25H2,2-6,8-10H3,(H2,42,46)(H,43,45)/b13-12+,15-14+,26-16+,27-18+/t28-,29-,30-,32-,33+,34-,35-,36+,37+,38-,41+/m0/s1. The zero-order chi connectivity index (χ0) is 39.0. The van der Waals surface area contributed by atoms with Gasteiger partial charge in [-0.3, -0.25) is 4.79 Å². The number of carbonyl (C=O) groups is 2. The van der Waals surface area contributed by atoms with Crippen molar-refractivity contribution in [3.05, 3.63) is 72.6 Å². The lowest BCUT2D eigenvalue weighted by Gasteiger charge is -2.47. The fourth-order valence-corrected chi connectivity index (χ4v) is 7.01. The molecule has 2 fully saturated rings. The van der Waals surface area contributed by atoms with Crippen LogP contribution >= 0.6 is 0 Å². The van der Waals surface area contributed by atoms with Crippen molar-refractivity contribution < 1.29 is 43.5 Å². The highest BCUT2D eigenvalue weighted by molar-refractivity contribution is 5.90. The molecule has 0 aromatic carbocycles. The molecule has 0 spiro atoms. The van der Waals surface area contributed by atoms with Crippen LogP contribution in [-0.2, 0) is 28.5 Å². The Morgan fingerprint density at radius 3 is 2.48 bits per heavy atom. The number of ether oxygens (including phenoxy) is 5. The number of nitrogens with two attached hydrogens (primary N) is 1. The highest BCUT2D eigenvalue weighted by atomic mass is 16.6. The predicted octanol–water partition coefficient (Wildman–Crippen LogP) is 6.22. The largest absolute Gasteiger partial charge is 0.492 e. The lowest BCUT2D eigenvalue weighted by atomic mass is 9.77. The Kier molecular flexibility index (Phi) is 19.1. The summed E-state index contributed by atoms with van der Waals surface area (Å²) in [5, 5.41) is 24.4. The molecule has 2 aliphatic heterocycles. The number of allylic oxidation sites excluding steroid dienone is 7. The zero-order valence-electron chi connectivity index (χ0n) is 32.7. The Bertz CT molecular complexity index is 1290. The second kappa shape index (κ2) is 22.1. The molecule has 2 aliphatic rings. The van der Waals surface area contributed by atoms with E-state index >= 15 is 0 Å². The number of aliphatic hydroxyl groups excluding tert-OH is 1. The highest BCUT2D eigenvalue weighted by Crippen LogP contribution is 2.39. The first-order chi connectivity index (χ1) is 24.5. The molecule has 0 aliphatic carbocycles. The van der Waals surface area contributed by atoms with Crippen LogP contribution in [0, 0.1) is 17.8 Å². The van der Waals surface area contributed by atoms with Crippen LogP contribution < -0.4 is 11.1 Å². The van der Waals surface area contributed by atoms with Crippen LogP contribution in [0.15, 0.2) is 72.6 Å². The number of rotatable bonds is 20. The summed E-state index contributed by atoms with van der Waals surface area (Å²) in [4.78, 5) is 23.4. The van der Waals surface area contributed by atoms with E-state index in [-0.39, 0.29) is 67.0 Å². The van der Waals surface area contributed by atoms with Crippen LogP contribution in [0.4, 0.5) is 4.79 Å². The molecule has 0 aromatic heterocycles. The van der Waals surface area contributed by atoms with Gasteiger partial charge in [0.2, 0.25) is 0 Å². The molecule has 5 N–H and O–H groups in total. The first-order valence-corrected chi connectivity index (χ1v) is 18.5. The number of primary amides is 1. The van der Waals surface area contributed by atoms with Crippen molar-refractivity contribution in [1.29, 1.82) is 0 Å². The average Bonchev–Trinajstić information content (AvgIpc) is 3.08. The smallest absolute Gasteiger partial charge is 0.404 e. The van der Waals surface area contributed by atoms with E-state index < -0.39 is 29.8 Å². The van der Waals surface area contributed by atoms with Crippen LogP contribution in [0.5, 0.6) is 0 Å². The monoisotopic (exact) mass is 730 g/mol. The van der Waals surface area contributed by atoms with Crippen molar-refractivity contribution in [2.45, 2.75) is 135 Å². The van der Waals surface area contributed by atoms with E-state index in [2.05, 4.69) is 64.4 Å². The molecule has 11 nitrogen and oxygen atoms in total. The Hall–Kier alpha value is -3.22. The molecule has 2 saturated heterocycles. The van der Waals surface area contributed by atoms with Gasteiger partial charge in [0.1, 0.15) is 6.10 Å². The SMILES string of the molecule is C=C/C=C/C(C)=C/[C@H](C)[C@H]1C[C@@H](OC)C[C@@H](C[C@H]2O[C@@H](C[C@@H](C)/C=C/C(C)=C/C[C@H](C[C@H](O)CNC(=O)C(=C)OC)OC(N)=O)[C@](C)(O)C[C@@H]2C)O1. The number of aliphatic hydroxyl groups is 2. The molecule has 0 bridgehead atoms. The molecule has 2 rings (SSSR count). The Morgan fingerprint density at radius 1 is 1.13 bits per heavy atom. The first-order valence-electron chi connectivity index (χ1n) is 18.5. The molecule has 0 unspecified atom stereocenters. The van der Waals surface area contributed by atoms with E-state index in [0.717, 1.165) is 24.8 Å². The highest BCUT2D eigenvalue weighted by Gasteiger charge is 2.45. The topological polar surface area (TPSA) is 159 Å². The maximum Gasteiger partial charge on any atom is 0.404 e. The van der Waals surface area contributed by atoms with Gasteiger partial charge in [-0.15, -0.1) is 0 Å². The molecule has 0 saturated carbocycles. The van der Waals surface area contributed by atoms with Gasteiger partial charge in [-0.1, -0.05) is 87.6 Å². The van der Waals surface area contributed by atoms with Crippen LogP contribution in [0.25, 0.3) is 0 Å². The van der Waals surface area contributed by atoms with Gasteiger partial charge in [-0.25, -0.2) is 4.79 Å². The second-order valence-electron chi connectivity index (χ2n) is 15.0. The summed E-state index contributed by atoms with van der Waals surface area (Å²) in [6.45, 7) is 19.5. The number of hydrogen-bond donors (Lipinski definition) is 4. The van der Waals surface area contributed by atoms with Gasteiger partial charge in [-0.05, 0) is 51.9 Å². The molecule has 2 amide bonds. The minimum Gasteiger partial charge on any atom is -0.492 e. The minimum absolute atomic E-state index is 0.0114.